The van der Waals surface area contributed by atoms with Gasteiger partial charge in [-0.25, -0.2) is 0 Å². The molecular weight excluding hydrogens is 362 g/mol. The Morgan fingerprint density at radius 3 is 1.22 bits per heavy atom. The molecule has 0 radical (unpaired) electrons. The van der Waals surface area contributed by atoms with Crippen molar-refractivity contribution < 1.29 is 18.1 Å². The van der Waals surface area contributed by atoms with Crippen LogP contribution in [0.15, 0.2) is 0 Å². The summed E-state index contributed by atoms with van der Waals surface area (Å²) < 4.78 is 25.9. The molecule has 166 valence electrons. The lowest BCUT2D eigenvalue weighted by Crippen LogP contribution is -2.19. The number of hydrogen-bond donors (Lipinski definition) is 3. The van der Waals surface area contributed by atoms with E-state index in [9.17, 15) is 8.42 Å². The van der Waals surface area contributed by atoms with Gasteiger partial charge in [-0.3, -0.25) is 4.55 Å². The van der Waals surface area contributed by atoms with Crippen molar-refractivity contribution in [2.75, 3.05) is 26.0 Å². The van der Waals surface area contributed by atoms with Gasteiger partial charge in [-0.2, -0.15) is 8.42 Å². The zero-order chi connectivity index (χ0) is 20.6. The monoisotopic (exact) mass is 409 g/mol. The smallest absolute Gasteiger partial charge is 0.261 e. The van der Waals surface area contributed by atoms with Crippen molar-refractivity contribution >= 4 is 10.1 Å². The van der Waals surface area contributed by atoms with Gasteiger partial charge >= 0.3 is 0 Å². The quantitative estimate of drug-likeness (QED) is 0.198. The van der Waals surface area contributed by atoms with Gasteiger partial charge in [0, 0.05) is 6.54 Å². The lowest BCUT2D eigenvalue weighted by Gasteiger charge is -2.04. The summed E-state index contributed by atoms with van der Waals surface area (Å²) >= 11 is 0. The van der Waals surface area contributed by atoms with Crippen molar-refractivity contribution in [3.8, 4) is 0 Å². The highest BCUT2D eigenvalue weighted by Gasteiger charge is 1.94. The third-order valence-electron chi connectivity index (χ3n) is 4.50. The molecule has 0 saturated heterocycles. The first-order chi connectivity index (χ1) is 12.9. The van der Waals surface area contributed by atoms with Crippen LogP contribution in [0.2, 0.25) is 0 Å². The second kappa shape index (κ2) is 23.9. The van der Waals surface area contributed by atoms with Crippen LogP contribution in [-0.4, -0.2) is 44.0 Å². The first kappa shape index (κ1) is 29.0. The molecule has 27 heavy (non-hydrogen) atoms. The van der Waals surface area contributed by atoms with Crippen LogP contribution in [0.5, 0.6) is 0 Å². The van der Waals surface area contributed by atoms with Gasteiger partial charge in [-0.05, 0) is 13.0 Å². The molecule has 0 rings (SSSR count). The van der Waals surface area contributed by atoms with E-state index in [4.69, 9.17) is 9.66 Å². The Labute approximate surface area is 169 Å². The average Bonchev–Trinajstić information content (AvgIpc) is 2.59. The Kier molecular flexibility index (Phi) is 25.7. The summed E-state index contributed by atoms with van der Waals surface area (Å²) in [4.78, 5) is 0. The van der Waals surface area contributed by atoms with E-state index in [1.54, 1.807) is 0 Å². The summed E-state index contributed by atoms with van der Waals surface area (Å²) in [6.45, 7) is 4.37. The zero-order valence-electron chi connectivity index (χ0n) is 18.1. The zero-order valence-corrected chi connectivity index (χ0v) is 18.9. The maximum atomic E-state index is 9.19. The van der Waals surface area contributed by atoms with Crippen LogP contribution in [0.25, 0.3) is 0 Å². The van der Waals surface area contributed by atoms with Crippen LogP contribution in [0.3, 0.4) is 0 Å². The van der Waals surface area contributed by atoms with E-state index in [2.05, 4.69) is 12.2 Å². The fourth-order valence-electron chi connectivity index (χ4n) is 3.00. The topological polar surface area (TPSA) is 86.6 Å². The summed E-state index contributed by atoms with van der Waals surface area (Å²) in [5.41, 5.74) is 0. The van der Waals surface area contributed by atoms with E-state index in [0.29, 0.717) is 6.26 Å². The number of aliphatic hydroxyl groups excluding tert-OH is 1. The minimum absolute atomic E-state index is 0.263. The molecule has 0 saturated carbocycles. The highest BCUT2D eigenvalue weighted by molar-refractivity contribution is 7.85. The van der Waals surface area contributed by atoms with Crippen molar-refractivity contribution in [3.05, 3.63) is 0 Å². The van der Waals surface area contributed by atoms with Crippen molar-refractivity contribution in [1.29, 1.82) is 0 Å². The molecule has 5 nitrogen and oxygen atoms in total. The average molecular weight is 410 g/mol. The maximum absolute atomic E-state index is 9.19. The molecule has 0 aliphatic rings. The predicted molar refractivity (Wildman–Crippen MR) is 117 cm³/mol. The van der Waals surface area contributed by atoms with Crippen molar-refractivity contribution in [3.63, 3.8) is 0 Å². The van der Waals surface area contributed by atoms with Crippen LogP contribution in [-0.2, 0) is 10.1 Å². The fraction of sp³-hybridized carbons (Fsp3) is 1.00. The minimum Gasteiger partial charge on any atom is -0.395 e. The number of hydrogen-bond acceptors (Lipinski definition) is 4. The Morgan fingerprint density at radius 2 is 0.926 bits per heavy atom. The molecule has 0 aliphatic carbocycles. The highest BCUT2D eigenvalue weighted by Crippen LogP contribution is 2.13. The molecule has 0 unspecified atom stereocenters. The van der Waals surface area contributed by atoms with Crippen molar-refractivity contribution in [2.45, 2.75) is 110 Å². The van der Waals surface area contributed by atoms with Crippen LogP contribution in [0.1, 0.15) is 110 Å². The first-order valence-electron chi connectivity index (χ1n) is 11.2. The molecule has 0 heterocycles. The van der Waals surface area contributed by atoms with Gasteiger partial charge in [0.15, 0.2) is 0 Å². The summed E-state index contributed by atoms with van der Waals surface area (Å²) in [6.07, 6.45) is 23.5. The predicted octanol–water partition coefficient (Wildman–Crippen LogP) is 5.33. The maximum Gasteiger partial charge on any atom is 0.261 e. The van der Waals surface area contributed by atoms with Gasteiger partial charge in [0.1, 0.15) is 0 Å². The Morgan fingerprint density at radius 1 is 0.630 bits per heavy atom. The van der Waals surface area contributed by atoms with E-state index in [1.807, 2.05) is 0 Å². The summed E-state index contributed by atoms with van der Waals surface area (Å²) in [7, 11) is -3.67. The van der Waals surface area contributed by atoms with Crippen LogP contribution >= 0.6 is 0 Å². The van der Waals surface area contributed by atoms with E-state index < -0.39 is 10.1 Å². The van der Waals surface area contributed by atoms with Crippen LogP contribution in [0.4, 0.5) is 0 Å². The summed E-state index contributed by atoms with van der Waals surface area (Å²) in [6, 6.07) is 0. The molecule has 0 aromatic heterocycles. The molecular formula is C21H47NO4S. The Balaban J connectivity index is 0. The van der Waals surface area contributed by atoms with E-state index in [0.717, 1.165) is 13.1 Å². The largest absolute Gasteiger partial charge is 0.395 e. The van der Waals surface area contributed by atoms with E-state index in [1.165, 1.54) is 103 Å². The fourth-order valence-corrected chi connectivity index (χ4v) is 3.00. The molecule has 0 fully saturated rings. The lowest BCUT2D eigenvalue weighted by molar-refractivity contribution is 0.292. The molecule has 0 aromatic rings. The molecule has 3 N–H and O–H groups in total. The molecule has 0 atom stereocenters. The molecule has 0 spiro atoms. The molecule has 0 aromatic carbocycles. The number of unbranched alkanes of at least 4 members (excludes halogenated alkanes) is 15. The van der Waals surface area contributed by atoms with E-state index >= 15 is 0 Å². The van der Waals surface area contributed by atoms with Crippen molar-refractivity contribution in [1.82, 2.24) is 5.32 Å². The van der Waals surface area contributed by atoms with Gasteiger partial charge in [-0.15, -0.1) is 0 Å². The van der Waals surface area contributed by atoms with Gasteiger partial charge in [0.2, 0.25) is 0 Å². The number of rotatable bonds is 19. The molecule has 0 amide bonds. The normalized spacial score (nSPS) is 11.3. The SMILES string of the molecule is CCCCCCCCCCCCCCCCCCNCCO.CS(=O)(=O)O. The summed E-state index contributed by atoms with van der Waals surface area (Å²) in [5.74, 6) is 0. The molecule has 0 aliphatic heterocycles. The lowest BCUT2D eigenvalue weighted by atomic mass is 10.0. The van der Waals surface area contributed by atoms with Crippen LogP contribution < -0.4 is 5.32 Å². The third-order valence-corrected chi connectivity index (χ3v) is 4.50. The first-order valence-corrected chi connectivity index (χ1v) is 13.0. The number of aliphatic hydroxyl groups is 1. The standard InChI is InChI=1S/C20H43NO.CH4O3S/c1-2-3-4-5-6-7-8-9-10-11-12-13-14-15-16-17-18-21-19-20-22;1-5(2,3)4/h21-22H,2-20H2,1H3;1H3,(H,2,3,4). The third kappa shape index (κ3) is 41.4. The number of nitrogens with one attached hydrogen (secondary N) is 1. The second-order valence-electron chi connectivity index (χ2n) is 7.51. The minimum atomic E-state index is -3.67. The van der Waals surface area contributed by atoms with Gasteiger partial charge in [0.25, 0.3) is 10.1 Å². The summed E-state index contributed by atoms with van der Waals surface area (Å²) in [5, 5.41) is 11.9. The Bertz CT molecular complexity index is 333. The van der Waals surface area contributed by atoms with Gasteiger partial charge in [0.05, 0.1) is 12.9 Å². The molecule has 0 bridgehead atoms. The Hall–Kier alpha value is -0.170. The van der Waals surface area contributed by atoms with E-state index in [-0.39, 0.29) is 6.61 Å². The van der Waals surface area contributed by atoms with Crippen molar-refractivity contribution in [2.24, 2.45) is 0 Å². The molecule has 6 heteroatoms. The second-order valence-corrected chi connectivity index (χ2v) is 8.98. The van der Waals surface area contributed by atoms with Crippen LogP contribution in [0, 0.1) is 0 Å². The van der Waals surface area contributed by atoms with Gasteiger partial charge < -0.3 is 10.4 Å². The highest BCUT2D eigenvalue weighted by atomic mass is 32.2. The van der Waals surface area contributed by atoms with Gasteiger partial charge in [-0.1, -0.05) is 103 Å².